The summed E-state index contributed by atoms with van der Waals surface area (Å²) in [6.07, 6.45) is 0. The third-order valence-corrected chi connectivity index (χ3v) is 6.01. The molecule has 6 nitrogen and oxygen atoms in total. The van der Waals surface area contributed by atoms with E-state index >= 15 is 0 Å². The minimum Gasteiger partial charge on any atom is -0.494 e. The van der Waals surface area contributed by atoms with E-state index in [-0.39, 0.29) is 6.61 Å². The second-order valence-electron chi connectivity index (χ2n) is 6.96. The molecular formula is C25H21ClN4O2S. The van der Waals surface area contributed by atoms with Gasteiger partial charge in [0.15, 0.2) is 11.0 Å². The van der Waals surface area contributed by atoms with Crippen LogP contribution in [0.25, 0.3) is 5.69 Å². The van der Waals surface area contributed by atoms with Gasteiger partial charge in [-0.2, -0.15) is 5.26 Å². The molecule has 0 atom stereocenters. The third kappa shape index (κ3) is 5.67. The van der Waals surface area contributed by atoms with E-state index in [4.69, 9.17) is 21.1 Å². The van der Waals surface area contributed by atoms with Crippen LogP contribution in [-0.4, -0.2) is 21.4 Å². The van der Waals surface area contributed by atoms with Gasteiger partial charge in [-0.15, -0.1) is 10.2 Å². The Morgan fingerprint density at radius 1 is 0.939 bits per heavy atom. The molecule has 0 radical (unpaired) electrons. The maximum absolute atomic E-state index is 9.37. The van der Waals surface area contributed by atoms with Gasteiger partial charge in [0.05, 0.1) is 18.2 Å². The molecule has 0 fully saturated rings. The van der Waals surface area contributed by atoms with E-state index in [2.05, 4.69) is 16.3 Å². The van der Waals surface area contributed by atoms with Crippen LogP contribution < -0.4 is 9.47 Å². The van der Waals surface area contributed by atoms with Gasteiger partial charge < -0.3 is 9.47 Å². The fourth-order valence-corrected chi connectivity index (χ4v) is 4.28. The smallest absolute Gasteiger partial charge is 0.196 e. The highest BCUT2D eigenvalue weighted by Crippen LogP contribution is 2.28. The number of aromatic nitrogens is 3. The normalized spacial score (nSPS) is 10.6. The van der Waals surface area contributed by atoms with E-state index in [0.29, 0.717) is 39.7 Å². The standard InChI is InChI=1S/C25H21ClN4O2S/c1-2-31-22-11-13-23(14-12-22)32-16-24-28-29-25(30(24)21-9-7-20(26)8-10-21)33-17-19-6-4-3-5-18(19)15-27/h3-14H,2,16-17H2,1H3. The van der Waals surface area contributed by atoms with Crippen LogP contribution in [0.2, 0.25) is 5.02 Å². The Balaban J connectivity index is 1.57. The zero-order chi connectivity index (χ0) is 23.0. The molecule has 1 heterocycles. The van der Waals surface area contributed by atoms with Crippen LogP contribution in [0.15, 0.2) is 78.0 Å². The number of benzene rings is 3. The SMILES string of the molecule is CCOc1ccc(OCc2nnc(SCc3ccccc3C#N)n2-c2ccc(Cl)cc2)cc1. The first-order chi connectivity index (χ1) is 16.2. The van der Waals surface area contributed by atoms with Crippen LogP contribution >= 0.6 is 23.4 Å². The summed E-state index contributed by atoms with van der Waals surface area (Å²) in [7, 11) is 0. The van der Waals surface area contributed by atoms with E-state index in [0.717, 1.165) is 17.0 Å². The Hall–Kier alpha value is -3.47. The lowest BCUT2D eigenvalue weighted by Crippen LogP contribution is -2.06. The number of hydrogen-bond acceptors (Lipinski definition) is 6. The van der Waals surface area contributed by atoms with Gasteiger partial charge in [0.25, 0.3) is 0 Å². The summed E-state index contributed by atoms with van der Waals surface area (Å²) < 4.78 is 13.4. The van der Waals surface area contributed by atoms with Crippen LogP contribution in [0, 0.1) is 11.3 Å². The Labute approximate surface area is 201 Å². The highest BCUT2D eigenvalue weighted by atomic mass is 35.5. The second-order valence-corrected chi connectivity index (χ2v) is 8.34. The average molecular weight is 477 g/mol. The molecule has 0 aliphatic heterocycles. The molecule has 0 saturated heterocycles. The fraction of sp³-hybridized carbons (Fsp3) is 0.160. The van der Waals surface area contributed by atoms with Crippen molar-refractivity contribution < 1.29 is 9.47 Å². The number of hydrogen-bond donors (Lipinski definition) is 0. The summed E-state index contributed by atoms with van der Waals surface area (Å²) in [4.78, 5) is 0. The van der Waals surface area contributed by atoms with Gasteiger partial charge in [0.1, 0.15) is 18.1 Å². The number of ether oxygens (including phenoxy) is 2. The van der Waals surface area contributed by atoms with Crippen LogP contribution in [0.5, 0.6) is 11.5 Å². The van der Waals surface area contributed by atoms with Crippen molar-refractivity contribution in [1.29, 1.82) is 5.26 Å². The van der Waals surface area contributed by atoms with Crippen molar-refractivity contribution in [2.45, 2.75) is 24.4 Å². The maximum Gasteiger partial charge on any atom is 0.196 e. The third-order valence-electron chi connectivity index (χ3n) is 4.78. The lowest BCUT2D eigenvalue weighted by molar-refractivity contribution is 0.291. The maximum atomic E-state index is 9.37. The van der Waals surface area contributed by atoms with Gasteiger partial charge in [-0.25, -0.2) is 0 Å². The van der Waals surface area contributed by atoms with Crippen LogP contribution in [0.1, 0.15) is 23.9 Å². The molecule has 0 N–H and O–H groups in total. The lowest BCUT2D eigenvalue weighted by atomic mass is 10.1. The van der Waals surface area contributed by atoms with Crippen molar-refractivity contribution in [2.24, 2.45) is 0 Å². The Bertz CT molecular complexity index is 1250. The zero-order valence-electron chi connectivity index (χ0n) is 17.9. The van der Waals surface area contributed by atoms with E-state index in [1.165, 1.54) is 11.8 Å². The van der Waals surface area contributed by atoms with Crippen LogP contribution in [0.4, 0.5) is 0 Å². The van der Waals surface area contributed by atoms with Gasteiger partial charge in [-0.1, -0.05) is 41.6 Å². The second kappa shape index (κ2) is 10.9. The van der Waals surface area contributed by atoms with E-state index < -0.39 is 0 Å². The summed E-state index contributed by atoms with van der Waals surface area (Å²) in [5, 5.41) is 19.5. The molecule has 1 aromatic heterocycles. The molecule has 0 spiro atoms. The predicted molar refractivity (Wildman–Crippen MR) is 129 cm³/mol. The van der Waals surface area contributed by atoms with Gasteiger partial charge in [0, 0.05) is 16.5 Å². The molecule has 3 aromatic carbocycles. The quantitative estimate of drug-likeness (QED) is 0.273. The topological polar surface area (TPSA) is 73.0 Å². The minimum atomic E-state index is 0.235. The Morgan fingerprint density at radius 2 is 1.64 bits per heavy atom. The van der Waals surface area contributed by atoms with Gasteiger partial charge in [0.2, 0.25) is 0 Å². The molecule has 4 aromatic rings. The first-order valence-corrected chi connectivity index (χ1v) is 11.7. The molecule has 4 rings (SSSR count). The average Bonchev–Trinajstić information content (AvgIpc) is 3.26. The summed E-state index contributed by atoms with van der Waals surface area (Å²) in [6.45, 7) is 2.80. The molecule has 0 amide bonds. The van der Waals surface area contributed by atoms with E-state index in [1.807, 2.05) is 84.3 Å². The van der Waals surface area contributed by atoms with Crippen molar-refractivity contribution >= 4 is 23.4 Å². The predicted octanol–water partition coefficient (Wildman–Crippen LogP) is 6.06. The monoisotopic (exact) mass is 476 g/mol. The number of halogens is 1. The van der Waals surface area contributed by atoms with Crippen molar-refractivity contribution in [3.63, 3.8) is 0 Å². The molecule has 8 heteroatoms. The zero-order valence-corrected chi connectivity index (χ0v) is 19.5. The largest absolute Gasteiger partial charge is 0.494 e. The Kier molecular flexibility index (Phi) is 7.51. The molecule has 0 bridgehead atoms. The van der Waals surface area contributed by atoms with Gasteiger partial charge in [-0.3, -0.25) is 4.57 Å². The molecule has 0 unspecified atom stereocenters. The van der Waals surface area contributed by atoms with Crippen molar-refractivity contribution in [2.75, 3.05) is 6.61 Å². The number of thioether (sulfide) groups is 1. The number of rotatable bonds is 9. The molecule has 0 aliphatic rings. The van der Waals surface area contributed by atoms with E-state index in [1.54, 1.807) is 0 Å². The first kappa shape index (κ1) is 22.7. The summed E-state index contributed by atoms with van der Waals surface area (Å²) in [6, 6.07) is 24.7. The molecular weight excluding hydrogens is 456 g/mol. The molecule has 0 saturated carbocycles. The van der Waals surface area contributed by atoms with Crippen molar-refractivity contribution in [3.05, 3.63) is 94.8 Å². The minimum absolute atomic E-state index is 0.235. The summed E-state index contributed by atoms with van der Waals surface area (Å²) in [5.41, 5.74) is 2.48. The highest BCUT2D eigenvalue weighted by Gasteiger charge is 2.16. The van der Waals surface area contributed by atoms with Gasteiger partial charge in [-0.05, 0) is 67.1 Å². The first-order valence-electron chi connectivity index (χ1n) is 10.3. The van der Waals surface area contributed by atoms with Crippen molar-refractivity contribution in [1.82, 2.24) is 14.8 Å². The Morgan fingerprint density at radius 3 is 2.33 bits per heavy atom. The van der Waals surface area contributed by atoms with Gasteiger partial charge >= 0.3 is 0 Å². The van der Waals surface area contributed by atoms with Crippen LogP contribution in [0.3, 0.4) is 0 Å². The molecule has 0 aliphatic carbocycles. The van der Waals surface area contributed by atoms with Crippen molar-refractivity contribution in [3.8, 4) is 23.3 Å². The van der Waals surface area contributed by atoms with E-state index in [9.17, 15) is 5.26 Å². The molecule has 33 heavy (non-hydrogen) atoms. The summed E-state index contributed by atoms with van der Waals surface area (Å²) >= 11 is 7.60. The number of nitriles is 1. The fourth-order valence-electron chi connectivity index (χ4n) is 3.18. The molecule has 166 valence electrons. The highest BCUT2D eigenvalue weighted by molar-refractivity contribution is 7.98. The number of nitrogens with zero attached hydrogens (tertiary/aromatic N) is 4. The summed E-state index contributed by atoms with van der Waals surface area (Å²) in [5.74, 6) is 2.75. The lowest BCUT2D eigenvalue weighted by Gasteiger charge is -2.12. The van der Waals surface area contributed by atoms with Crippen LogP contribution in [-0.2, 0) is 12.4 Å².